The molecular formula is C11H14BrNO3S. The van der Waals surface area contributed by atoms with Gasteiger partial charge in [-0.15, -0.1) is 0 Å². The Morgan fingerprint density at radius 1 is 1.47 bits per heavy atom. The summed E-state index contributed by atoms with van der Waals surface area (Å²) in [5, 5.41) is 0. The van der Waals surface area contributed by atoms with Gasteiger partial charge in [-0.1, -0.05) is 22.9 Å². The van der Waals surface area contributed by atoms with Crippen LogP contribution in [0.2, 0.25) is 0 Å². The predicted molar refractivity (Wildman–Crippen MR) is 68.6 cm³/mol. The molecule has 94 valence electrons. The fourth-order valence-corrected chi connectivity index (χ4v) is 3.67. The number of ether oxygens (including phenoxy) is 1. The predicted octanol–water partition coefficient (Wildman–Crippen LogP) is 2.14. The van der Waals surface area contributed by atoms with Crippen LogP contribution in [0.3, 0.4) is 0 Å². The summed E-state index contributed by atoms with van der Waals surface area (Å²) in [6.45, 7) is 2.02. The molecule has 0 amide bonds. The normalized spacial score (nSPS) is 23.5. The molecule has 1 N–H and O–H groups in total. The maximum atomic E-state index is 12.1. The van der Waals surface area contributed by atoms with Crippen molar-refractivity contribution in [2.24, 2.45) is 5.92 Å². The van der Waals surface area contributed by atoms with Crippen molar-refractivity contribution < 1.29 is 13.2 Å². The van der Waals surface area contributed by atoms with Gasteiger partial charge < -0.3 is 4.74 Å². The van der Waals surface area contributed by atoms with Gasteiger partial charge in [0.05, 0.1) is 7.11 Å². The van der Waals surface area contributed by atoms with Crippen molar-refractivity contribution >= 4 is 26.0 Å². The molecule has 0 aromatic heterocycles. The monoisotopic (exact) mass is 319 g/mol. The van der Waals surface area contributed by atoms with Crippen molar-refractivity contribution in [3.05, 3.63) is 22.7 Å². The van der Waals surface area contributed by atoms with Crippen molar-refractivity contribution in [1.82, 2.24) is 4.72 Å². The van der Waals surface area contributed by atoms with Crippen molar-refractivity contribution in [2.75, 3.05) is 7.11 Å². The van der Waals surface area contributed by atoms with Crippen molar-refractivity contribution in [3.63, 3.8) is 0 Å². The van der Waals surface area contributed by atoms with Crippen LogP contribution in [-0.2, 0) is 10.0 Å². The molecule has 2 atom stereocenters. The fourth-order valence-electron chi connectivity index (χ4n) is 1.61. The number of sulfonamides is 1. The van der Waals surface area contributed by atoms with E-state index < -0.39 is 10.0 Å². The number of nitrogens with one attached hydrogen (secondary N) is 1. The van der Waals surface area contributed by atoms with Gasteiger partial charge in [-0.3, -0.25) is 0 Å². The lowest BCUT2D eigenvalue weighted by Gasteiger charge is -2.10. The average Bonchev–Trinajstić information content (AvgIpc) is 2.93. The zero-order chi connectivity index (χ0) is 12.6. The Labute approximate surface area is 110 Å². The van der Waals surface area contributed by atoms with E-state index in [9.17, 15) is 8.42 Å². The highest BCUT2D eigenvalue weighted by atomic mass is 79.9. The Balaban J connectivity index is 2.34. The van der Waals surface area contributed by atoms with E-state index >= 15 is 0 Å². The SMILES string of the molecule is COc1ccc(Br)cc1S(=O)(=O)NC1CC1C. The van der Waals surface area contributed by atoms with Crippen molar-refractivity contribution in [2.45, 2.75) is 24.3 Å². The van der Waals surface area contributed by atoms with E-state index in [1.54, 1.807) is 18.2 Å². The van der Waals surface area contributed by atoms with E-state index in [-0.39, 0.29) is 10.9 Å². The summed E-state index contributed by atoms with van der Waals surface area (Å²) in [7, 11) is -2.04. The minimum absolute atomic E-state index is 0.0590. The first kappa shape index (κ1) is 12.9. The zero-order valence-corrected chi connectivity index (χ0v) is 12.0. The highest BCUT2D eigenvalue weighted by Gasteiger charge is 2.37. The number of hydrogen-bond donors (Lipinski definition) is 1. The Morgan fingerprint density at radius 3 is 2.65 bits per heavy atom. The average molecular weight is 320 g/mol. The van der Waals surface area contributed by atoms with Crippen LogP contribution < -0.4 is 9.46 Å². The quantitative estimate of drug-likeness (QED) is 0.925. The van der Waals surface area contributed by atoms with Crippen molar-refractivity contribution in [3.8, 4) is 5.75 Å². The summed E-state index contributed by atoms with van der Waals surface area (Å²) in [5.41, 5.74) is 0. The zero-order valence-electron chi connectivity index (χ0n) is 9.60. The molecule has 1 aliphatic rings. The summed E-state index contributed by atoms with van der Waals surface area (Å²) >= 11 is 3.26. The lowest BCUT2D eigenvalue weighted by Crippen LogP contribution is -2.27. The van der Waals surface area contributed by atoms with Gasteiger partial charge in [-0.25, -0.2) is 13.1 Å². The van der Waals surface area contributed by atoms with Crippen LogP contribution in [0.4, 0.5) is 0 Å². The molecule has 0 heterocycles. The molecule has 2 unspecified atom stereocenters. The first-order valence-corrected chi connectivity index (χ1v) is 7.57. The van der Waals surface area contributed by atoms with Crippen LogP contribution in [0.15, 0.2) is 27.6 Å². The second kappa shape index (κ2) is 4.59. The van der Waals surface area contributed by atoms with Crippen LogP contribution in [0.5, 0.6) is 5.75 Å². The molecule has 1 aromatic carbocycles. The van der Waals surface area contributed by atoms with Gasteiger partial charge in [0, 0.05) is 10.5 Å². The van der Waals surface area contributed by atoms with Gasteiger partial charge in [0.2, 0.25) is 10.0 Å². The molecule has 0 spiro atoms. The minimum atomic E-state index is -3.50. The van der Waals surface area contributed by atoms with Gasteiger partial charge in [0.1, 0.15) is 10.6 Å². The minimum Gasteiger partial charge on any atom is -0.495 e. The first-order chi connectivity index (χ1) is 7.94. The topological polar surface area (TPSA) is 55.4 Å². The molecule has 0 saturated heterocycles. The Hall–Kier alpha value is -0.590. The second-order valence-corrected chi connectivity index (χ2v) is 6.83. The molecule has 2 rings (SSSR count). The molecule has 1 aliphatic carbocycles. The molecule has 1 fully saturated rings. The highest BCUT2D eigenvalue weighted by Crippen LogP contribution is 2.33. The van der Waals surface area contributed by atoms with Crippen LogP contribution in [0.25, 0.3) is 0 Å². The Bertz CT molecular complexity index is 530. The standard InChI is InChI=1S/C11H14BrNO3S/c1-7-5-9(7)13-17(14,15)11-6-8(12)3-4-10(11)16-2/h3-4,6-7,9,13H,5H2,1-2H3. The van der Waals surface area contributed by atoms with Gasteiger partial charge in [0.15, 0.2) is 0 Å². The molecule has 4 nitrogen and oxygen atoms in total. The lowest BCUT2D eigenvalue weighted by atomic mass is 10.3. The van der Waals surface area contributed by atoms with Gasteiger partial charge in [-0.2, -0.15) is 0 Å². The summed E-state index contributed by atoms with van der Waals surface area (Å²) in [6, 6.07) is 4.99. The first-order valence-electron chi connectivity index (χ1n) is 5.30. The molecule has 17 heavy (non-hydrogen) atoms. The number of halogens is 1. The molecule has 0 bridgehead atoms. The summed E-state index contributed by atoms with van der Waals surface area (Å²) < 4.78 is 32.8. The lowest BCUT2D eigenvalue weighted by molar-refractivity contribution is 0.402. The van der Waals surface area contributed by atoms with Crippen LogP contribution in [-0.4, -0.2) is 21.6 Å². The smallest absolute Gasteiger partial charge is 0.244 e. The molecule has 0 radical (unpaired) electrons. The summed E-state index contributed by atoms with van der Waals surface area (Å²) in [4.78, 5) is 0.175. The number of benzene rings is 1. The summed E-state index contributed by atoms with van der Waals surface area (Å²) in [6.07, 6.45) is 0.898. The maximum absolute atomic E-state index is 12.1. The molecule has 0 aliphatic heterocycles. The second-order valence-electron chi connectivity index (χ2n) is 4.24. The highest BCUT2D eigenvalue weighted by molar-refractivity contribution is 9.10. The molecule has 1 saturated carbocycles. The third-order valence-electron chi connectivity index (χ3n) is 2.83. The number of hydrogen-bond acceptors (Lipinski definition) is 3. The van der Waals surface area contributed by atoms with E-state index in [1.807, 2.05) is 6.92 Å². The third kappa shape index (κ3) is 2.81. The van der Waals surface area contributed by atoms with Gasteiger partial charge >= 0.3 is 0 Å². The number of methoxy groups -OCH3 is 1. The Morgan fingerprint density at radius 2 is 2.12 bits per heavy atom. The van der Waals surface area contributed by atoms with E-state index in [0.29, 0.717) is 16.1 Å². The molecule has 6 heteroatoms. The van der Waals surface area contributed by atoms with Crippen LogP contribution in [0.1, 0.15) is 13.3 Å². The Kier molecular flexibility index (Phi) is 3.47. The largest absolute Gasteiger partial charge is 0.495 e. The third-order valence-corrected chi connectivity index (χ3v) is 4.84. The van der Waals surface area contributed by atoms with E-state index in [4.69, 9.17) is 4.74 Å². The molecular weight excluding hydrogens is 306 g/mol. The van der Waals surface area contributed by atoms with Crippen LogP contribution >= 0.6 is 15.9 Å². The molecule has 1 aromatic rings. The van der Waals surface area contributed by atoms with Crippen LogP contribution in [0, 0.1) is 5.92 Å². The van der Waals surface area contributed by atoms with Gasteiger partial charge in [0.25, 0.3) is 0 Å². The van der Waals surface area contributed by atoms with Crippen molar-refractivity contribution in [1.29, 1.82) is 0 Å². The summed E-state index contributed by atoms with van der Waals surface area (Å²) in [5.74, 6) is 0.775. The van der Waals surface area contributed by atoms with E-state index in [2.05, 4.69) is 20.7 Å². The van der Waals surface area contributed by atoms with E-state index in [1.165, 1.54) is 7.11 Å². The maximum Gasteiger partial charge on any atom is 0.244 e. The number of rotatable bonds is 4. The van der Waals surface area contributed by atoms with Gasteiger partial charge in [-0.05, 0) is 30.5 Å². The van der Waals surface area contributed by atoms with E-state index in [0.717, 1.165) is 6.42 Å². The fraction of sp³-hybridized carbons (Fsp3) is 0.455.